The molecule has 0 aromatic carbocycles. The molecule has 5 nitrogen and oxygen atoms in total. The fraction of sp³-hybridized carbons (Fsp3) is 0.200. The van der Waals surface area contributed by atoms with E-state index in [1.54, 1.807) is 18.3 Å². The lowest BCUT2D eigenvalue weighted by atomic mass is 10.1. The van der Waals surface area contributed by atoms with Crippen molar-refractivity contribution in [3.05, 3.63) is 52.8 Å². The molecule has 0 unspecified atom stereocenters. The van der Waals surface area contributed by atoms with E-state index in [1.165, 1.54) is 12.5 Å². The zero-order valence-corrected chi connectivity index (χ0v) is 12.2. The summed E-state index contributed by atoms with van der Waals surface area (Å²) in [6, 6.07) is 3.18. The number of carbonyl (C=O) groups is 1. The van der Waals surface area contributed by atoms with E-state index in [4.69, 9.17) is 11.6 Å². The zero-order valence-electron chi connectivity index (χ0n) is 11.5. The van der Waals surface area contributed by atoms with Crippen LogP contribution in [0.4, 0.5) is 10.1 Å². The van der Waals surface area contributed by atoms with Gasteiger partial charge in [0.1, 0.15) is 5.15 Å². The molecule has 2 aromatic heterocycles. The normalized spacial score (nSPS) is 14.3. The molecule has 2 heterocycles. The maximum absolute atomic E-state index is 13.9. The Balaban J connectivity index is 1.75. The maximum Gasteiger partial charge on any atom is 0.259 e. The first-order valence-electron chi connectivity index (χ1n) is 6.73. The van der Waals surface area contributed by atoms with Crippen LogP contribution >= 0.6 is 11.6 Å². The third-order valence-electron chi connectivity index (χ3n) is 3.29. The third kappa shape index (κ3) is 3.28. The van der Waals surface area contributed by atoms with Crippen molar-refractivity contribution in [1.29, 1.82) is 0 Å². The number of nitrogens with one attached hydrogen (secondary N) is 1. The summed E-state index contributed by atoms with van der Waals surface area (Å²) >= 11 is 5.74. The average Bonchev–Trinajstić information content (AvgIpc) is 3.31. The summed E-state index contributed by atoms with van der Waals surface area (Å²) in [5.41, 5.74) is 1.23. The summed E-state index contributed by atoms with van der Waals surface area (Å²) in [6.45, 7) is 0. The van der Waals surface area contributed by atoms with Gasteiger partial charge in [0.2, 0.25) is 0 Å². The minimum Gasteiger partial charge on any atom is -0.313 e. The Morgan fingerprint density at radius 1 is 1.45 bits per heavy atom. The molecule has 3 rings (SSSR count). The minimum absolute atomic E-state index is 0.0386. The van der Waals surface area contributed by atoms with Crippen LogP contribution in [0.3, 0.4) is 0 Å². The highest BCUT2D eigenvalue weighted by atomic mass is 35.5. The first kappa shape index (κ1) is 14.6. The Morgan fingerprint density at radius 2 is 2.27 bits per heavy atom. The quantitative estimate of drug-likeness (QED) is 0.534. The van der Waals surface area contributed by atoms with Gasteiger partial charge in [-0.2, -0.15) is 0 Å². The fourth-order valence-electron chi connectivity index (χ4n) is 2.10. The summed E-state index contributed by atoms with van der Waals surface area (Å²) in [6.07, 6.45) is 7.22. The van der Waals surface area contributed by atoms with Gasteiger partial charge in [-0.15, -0.1) is 0 Å². The fourth-order valence-corrected chi connectivity index (χ4v) is 2.27. The van der Waals surface area contributed by atoms with Gasteiger partial charge >= 0.3 is 0 Å². The number of aliphatic imine (C=N–C) groups is 1. The van der Waals surface area contributed by atoms with Gasteiger partial charge in [-0.3, -0.25) is 9.78 Å². The lowest BCUT2D eigenvalue weighted by molar-refractivity contribution is 0.0973. The van der Waals surface area contributed by atoms with Crippen molar-refractivity contribution in [1.82, 2.24) is 15.3 Å². The lowest BCUT2D eigenvalue weighted by Gasteiger charge is -2.07. The van der Waals surface area contributed by atoms with E-state index in [1.807, 2.05) is 0 Å². The molecule has 1 N–H and O–H groups in total. The van der Waals surface area contributed by atoms with Crippen LogP contribution in [-0.4, -0.2) is 22.2 Å². The first-order valence-corrected chi connectivity index (χ1v) is 7.11. The number of carbonyl (C=O) groups excluding carboxylic acids is 1. The zero-order chi connectivity index (χ0) is 15.5. The van der Waals surface area contributed by atoms with Gasteiger partial charge in [0.15, 0.2) is 5.82 Å². The lowest BCUT2D eigenvalue weighted by Crippen LogP contribution is -2.24. The van der Waals surface area contributed by atoms with Gasteiger partial charge in [-0.1, -0.05) is 11.6 Å². The minimum atomic E-state index is -0.623. The first-order chi connectivity index (χ1) is 10.6. The molecule has 0 saturated heterocycles. The third-order valence-corrected chi connectivity index (χ3v) is 3.50. The molecule has 1 fully saturated rings. The van der Waals surface area contributed by atoms with Crippen molar-refractivity contribution in [2.45, 2.75) is 18.8 Å². The number of hydrogen-bond donors (Lipinski definition) is 1. The molecule has 0 bridgehead atoms. The van der Waals surface area contributed by atoms with Gasteiger partial charge in [0, 0.05) is 18.5 Å². The van der Waals surface area contributed by atoms with Crippen LogP contribution < -0.4 is 5.32 Å². The van der Waals surface area contributed by atoms with Crippen LogP contribution in [0.2, 0.25) is 5.15 Å². The predicted octanol–water partition coefficient (Wildman–Crippen LogP) is 3.24. The second-order valence-electron chi connectivity index (χ2n) is 4.93. The van der Waals surface area contributed by atoms with E-state index in [-0.39, 0.29) is 11.5 Å². The highest BCUT2D eigenvalue weighted by molar-refractivity contribution is 6.29. The molecule has 22 heavy (non-hydrogen) atoms. The van der Waals surface area contributed by atoms with Crippen molar-refractivity contribution in [3.8, 4) is 0 Å². The second-order valence-corrected chi connectivity index (χ2v) is 5.32. The van der Waals surface area contributed by atoms with E-state index in [0.29, 0.717) is 16.4 Å². The van der Waals surface area contributed by atoms with E-state index in [9.17, 15) is 9.18 Å². The Kier molecular flexibility index (Phi) is 4.11. The molecular formula is C15H12ClFN4O. The number of nitrogens with zero attached hydrogens (tertiary/aromatic N) is 3. The molecule has 7 heteroatoms. The van der Waals surface area contributed by atoms with Crippen molar-refractivity contribution in [2.24, 2.45) is 4.99 Å². The number of amides is 1. The Bertz CT molecular complexity index is 746. The molecule has 1 saturated carbocycles. The SMILES string of the molecule is O=C(NC=Nc1ccnc(Cl)c1)c1c(F)cncc1C1CC1. The Hall–Kier alpha value is -2.34. The number of halogens is 2. The Labute approximate surface area is 131 Å². The molecule has 0 spiro atoms. The van der Waals surface area contributed by atoms with Gasteiger partial charge in [0.25, 0.3) is 5.91 Å². The van der Waals surface area contributed by atoms with Gasteiger partial charge < -0.3 is 5.32 Å². The highest BCUT2D eigenvalue weighted by Gasteiger charge is 2.30. The van der Waals surface area contributed by atoms with Crippen LogP contribution in [0.5, 0.6) is 0 Å². The number of aromatic nitrogens is 2. The molecule has 0 atom stereocenters. The molecule has 2 aromatic rings. The van der Waals surface area contributed by atoms with Crippen LogP contribution in [0.15, 0.2) is 35.7 Å². The van der Waals surface area contributed by atoms with Crippen molar-refractivity contribution in [3.63, 3.8) is 0 Å². The van der Waals surface area contributed by atoms with Crippen molar-refractivity contribution in [2.75, 3.05) is 0 Å². The highest BCUT2D eigenvalue weighted by Crippen LogP contribution is 2.41. The number of hydrogen-bond acceptors (Lipinski definition) is 4. The number of rotatable bonds is 4. The van der Waals surface area contributed by atoms with E-state index >= 15 is 0 Å². The largest absolute Gasteiger partial charge is 0.313 e. The molecule has 1 aliphatic carbocycles. The summed E-state index contributed by atoms with van der Waals surface area (Å²) in [4.78, 5) is 23.8. The molecular weight excluding hydrogens is 307 g/mol. The predicted molar refractivity (Wildman–Crippen MR) is 81.0 cm³/mol. The summed E-state index contributed by atoms with van der Waals surface area (Å²) in [5, 5.41) is 2.77. The van der Waals surface area contributed by atoms with E-state index < -0.39 is 11.7 Å². The van der Waals surface area contributed by atoms with Gasteiger partial charge in [0.05, 0.1) is 23.8 Å². The standard InChI is InChI=1S/C15H12ClFN4O/c16-13-5-10(3-4-19-13)20-8-21-15(22)14-11(9-1-2-9)6-18-7-12(14)17/h3-9H,1-2H2,(H,19,20,21,22). The molecule has 0 radical (unpaired) electrons. The molecule has 1 amide bonds. The van der Waals surface area contributed by atoms with Crippen LogP contribution in [0.25, 0.3) is 0 Å². The van der Waals surface area contributed by atoms with Gasteiger partial charge in [-0.25, -0.2) is 14.4 Å². The summed E-state index contributed by atoms with van der Waals surface area (Å²) in [7, 11) is 0. The summed E-state index contributed by atoms with van der Waals surface area (Å²) < 4.78 is 13.9. The van der Waals surface area contributed by atoms with Crippen molar-refractivity contribution < 1.29 is 9.18 Å². The van der Waals surface area contributed by atoms with E-state index in [0.717, 1.165) is 19.0 Å². The average molecular weight is 319 g/mol. The van der Waals surface area contributed by atoms with Crippen LogP contribution in [-0.2, 0) is 0 Å². The second kappa shape index (κ2) is 6.19. The maximum atomic E-state index is 13.9. The summed E-state index contributed by atoms with van der Waals surface area (Å²) in [5.74, 6) is -0.937. The molecule has 0 aliphatic heterocycles. The van der Waals surface area contributed by atoms with Crippen molar-refractivity contribution >= 4 is 29.5 Å². The van der Waals surface area contributed by atoms with Gasteiger partial charge in [-0.05, 0) is 30.4 Å². The van der Waals surface area contributed by atoms with E-state index in [2.05, 4.69) is 20.3 Å². The van der Waals surface area contributed by atoms with Crippen LogP contribution in [0, 0.1) is 5.82 Å². The Morgan fingerprint density at radius 3 is 3.00 bits per heavy atom. The monoisotopic (exact) mass is 318 g/mol. The number of pyridine rings is 2. The topological polar surface area (TPSA) is 67.2 Å². The van der Waals surface area contributed by atoms with Crippen LogP contribution in [0.1, 0.15) is 34.7 Å². The molecule has 112 valence electrons. The smallest absolute Gasteiger partial charge is 0.259 e. The molecule has 1 aliphatic rings.